The van der Waals surface area contributed by atoms with Crippen LogP contribution in [0.15, 0.2) is 5.51 Å². The fraction of sp³-hybridized carbons (Fsp3) is 0.625. The smallest absolute Gasteiger partial charge is 0.321 e. The zero-order valence-corrected chi connectivity index (χ0v) is 8.51. The Bertz CT molecular complexity index is 296. The Labute approximate surface area is 85.9 Å². The molecular formula is C8H12N4OS. The Morgan fingerprint density at radius 3 is 3.07 bits per heavy atom. The van der Waals surface area contributed by atoms with Crippen LogP contribution in [0.2, 0.25) is 0 Å². The molecule has 0 spiro atoms. The third-order valence-corrected chi connectivity index (χ3v) is 2.96. The average molecular weight is 212 g/mol. The van der Waals surface area contributed by atoms with Crippen LogP contribution in [0.3, 0.4) is 0 Å². The normalized spacial score (nSPS) is 16.0. The van der Waals surface area contributed by atoms with Gasteiger partial charge < -0.3 is 5.32 Å². The first-order valence-corrected chi connectivity index (χ1v) is 5.53. The first-order valence-electron chi connectivity index (χ1n) is 4.65. The average Bonchev–Trinajstić information content (AvgIpc) is 2.54. The molecule has 5 nitrogen and oxygen atoms in total. The number of carbonyl (C=O) groups excluding carboxylic acids is 1. The molecule has 0 radical (unpaired) electrons. The minimum Gasteiger partial charge on any atom is -0.338 e. The predicted molar refractivity (Wildman–Crippen MR) is 54.3 cm³/mol. The highest BCUT2D eigenvalue weighted by Crippen LogP contribution is 2.25. The minimum absolute atomic E-state index is 0.186. The Balaban J connectivity index is 1.68. The van der Waals surface area contributed by atoms with E-state index in [-0.39, 0.29) is 6.03 Å². The first kappa shape index (κ1) is 9.39. The molecule has 2 rings (SSSR count). The summed E-state index contributed by atoms with van der Waals surface area (Å²) in [4.78, 5) is 11.3. The van der Waals surface area contributed by atoms with Crippen LogP contribution in [0.4, 0.5) is 9.93 Å². The van der Waals surface area contributed by atoms with Crippen LogP contribution in [0.1, 0.15) is 19.3 Å². The molecule has 0 saturated heterocycles. The van der Waals surface area contributed by atoms with Gasteiger partial charge in [0.2, 0.25) is 5.13 Å². The van der Waals surface area contributed by atoms with Gasteiger partial charge in [-0.05, 0) is 18.8 Å². The van der Waals surface area contributed by atoms with E-state index in [9.17, 15) is 4.79 Å². The number of carbonyl (C=O) groups is 1. The van der Waals surface area contributed by atoms with Crippen LogP contribution in [0.25, 0.3) is 0 Å². The molecule has 0 unspecified atom stereocenters. The highest BCUT2D eigenvalue weighted by molar-refractivity contribution is 7.13. The summed E-state index contributed by atoms with van der Waals surface area (Å²) in [7, 11) is 0. The van der Waals surface area contributed by atoms with Gasteiger partial charge in [-0.2, -0.15) is 0 Å². The largest absolute Gasteiger partial charge is 0.338 e. The molecule has 1 saturated carbocycles. The van der Waals surface area contributed by atoms with Crippen molar-refractivity contribution in [3.8, 4) is 0 Å². The second-order valence-electron chi connectivity index (χ2n) is 3.38. The zero-order valence-electron chi connectivity index (χ0n) is 7.69. The monoisotopic (exact) mass is 212 g/mol. The number of amides is 2. The third-order valence-electron chi connectivity index (χ3n) is 2.36. The number of hydrogen-bond donors (Lipinski definition) is 2. The Kier molecular flexibility index (Phi) is 2.93. The number of anilines is 1. The number of nitrogens with one attached hydrogen (secondary N) is 2. The molecule has 2 amide bonds. The topological polar surface area (TPSA) is 66.9 Å². The summed E-state index contributed by atoms with van der Waals surface area (Å²) in [6.45, 7) is 0.768. The maximum Gasteiger partial charge on any atom is 0.321 e. The Hall–Kier alpha value is -1.17. The van der Waals surface area contributed by atoms with Crippen molar-refractivity contribution >= 4 is 22.5 Å². The fourth-order valence-corrected chi connectivity index (χ4v) is 1.74. The van der Waals surface area contributed by atoms with Gasteiger partial charge in [-0.25, -0.2) is 4.79 Å². The minimum atomic E-state index is -0.186. The molecule has 0 atom stereocenters. The van der Waals surface area contributed by atoms with E-state index in [2.05, 4.69) is 20.8 Å². The van der Waals surface area contributed by atoms with Crippen molar-refractivity contribution in [2.75, 3.05) is 11.9 Å². The van der Waals surface area contributed by atoms with Crippen LogP contribution in [0, 0.1) is 5.92 Å². The number of aromatic nitrogens is 2. The van der Waals surface area contributed by atoms with Crippen molar-refractivity contribution in [3.63, 3.8) is 0 Å². The summed E-state index contributed by atoms with van der Waals surface area (Å²) in [6.07, 6.45) is 3.77. The Morgan fingerprint density at radius 1 is 1.64 bits per heavy atom. The summed E-state index contributed by atoms with van der Waals surface area (Å²) in [6, 6.07) is -0.186. The fourth-order valence-electron chi connectivity index (χ4n) is 1.30. The second-order valence-corrected chi connectivity index (χ2v) is 4.21. The summed E-state index contributed by atoms with van der Waals surface area (Å²) in [5, 5.41) is 13.3. The van der Waals surface area contributed by atoms with E-state index in [0.29, 0.717) is 11.0 Å². The molecule has 1 aromatic rings. The number of rotatable bonds is 3. The lowest BCUT2D eigenvalue weighted by molar-refractivity contribution is 0.243. The number of urea groups is 1. The molecule has 0 aromatic carbocycles. The molecule has 1 aliphatic carbocycles. The van der Waals surface area contributed by atoms with Gasteiger partial charge in [0.05, 0.1) is 0 Å². The van der Waals surface area contributed by atoms with Gasteiger partial charge >= 0.3 is 6.03 Å². The van der Waals surface area contributed by atoms with Crippen LogP contribution >= 0.6 is 11.3 Å². The van der Waals surface area contributed by atoms with Crippen LogP contribution in [-0.4, -0.2) is 22.8 Å². The SMILES string of the molecule is O=C(NCC1CCC1)Nc1nncs1. The van der Waals surface area contributed by atoms with Gasteiger partial charge in [0, 0.05) is 6.54 Å². The summed E-state index contributed by atoms with van der Waals surface area (Å²) >= 11 is 1.31. The van der Waals surface area contributed by atoms with Crippen molar-refractivity contribution in [2.45, 2.75) is 19.3 Å². The molecule has 1 heterocycles. The van der Waals surface area contributed by atoms with E-state index in [1.165, 1.54) is 30.6 Å². The first-order chi connectivity index (χ1) is 6.84. The summed E-state index contributed by atoms with van der Waals surface area (Å²) in [5.41, 5.74) is 1.58. The van der Waals surface area contributed by atoms with Crippen molar-refractivity contribution in [3.05, 3.63) is 5.51 Å². The third kappa shape index (κ3) is 2.41. The molecule has 1 fully saturated rings. The van der Waals surface area contributed by atoms with Crippen LogP contribution < -0.4 is 10.6 Å². The zero-order chi connectivity index (χ0) is 9.80. The van der Waals surface area contributed by atoms with E-state index >= 15 is 0 Å². The van der Waals surface area contributed by atoms with Crippen molar-refractivity contribution in [1.29, 1.82) is 0 Å². The van der Waals surface area contributed by atoms with Gasteiger partial charge in [-0.15, -0.1) is 10.2 Å². The molecule has 1 aliphatic rings. The number of nitrogens with zero attached hydrogens (tertiary/aromatic N) is 2. The molecule has 1 aromatic heterocycles. The van der Waals surface area contributed by atoms with Crippen LogP contribution in [0.5, 0.6) is 0 Å². The highest BCUT2D eigenvalue weighted by atomic mass is 32.1. The van der Waals surface area contributed by atoms with Crippen molar-refractivity contribution in [1.82, 2.24) is 15.5 Å². The molecule has 2 N–H and O–H groups in total. The molecule has 76 valence electrons. The van der Waals surface area contributed by atoms with Gasteiger partial charge in [0.15, 0.2) is 0 Å². The second kappa shape index (κ2) is 4.36. The standard InChI is InChI=1S/C8H12N4OS/c13-7(9-4-6-2-1-3-6)11-8-12-10-5-14-8/h5-6H,1-4H2,(H2,9,11,12,13). The van der Waals surface area contributed by atoms with Gasteiger partial charge in [-0.3, -0.25) is 5.32 Å². The van der Waals surface area contributed by atoms with Gasteiger partial charge in [0.1, 0.15) is 5.51 Å². The predicted octanol–water partition coefficient (Wildman–Crippen LogP) is 1.46. The van der Waals surface area contributed by atoms with E-state index in [4.69, 9.17) is 0 Å². The maximum atomic E-state index is 11.3. The van der Waals surface area contributed by atoms with Gasteiger partial charge in [0.25, 0.3) is 0 Å². The summed E-state index contributed by atoms with van der Waals surface area (Å²) < 4.78 is 0. The lowest BCUT2D eigenvalue weighted by atomic mass is 9.85. The van der Waals surface area contributed by atoms with Crippen molar-refractivity contribution in [2.24, 2.45) is 5.92 Å². The van der Waals surface area contributed by atoms with E-state index in [1.54, 1.807) is 5.51 Å². The lowest BCUT2D eigenvalue weighted by Crippen LogP contribution is -2.35. The Morgan fingerprint density at radius 2 is 2.50 bits per heavy atom. The van der Waals surface area contributed by atoms with Crippen molar-refractivity contribution < 1.29 is 4.79 Å². The highest BCUT2D eigenvalue weighted by Gasteiger charge is 2.17. The molecule has 0 bridgehead atoms. The van der Waals surface area contributed by atoms with E-state index < -0.39 is 0 Å². The number of hydrogen-bond acceptors (Lipinski definition) is 4. The molecule has 0 aliphatic heterocycles. The summed E-state index contributed by atoms with van der Waals surface area (Å²) in [5.74, 6) is 0.676. The van der Waals surface area contributed by atoms with E-state index in [0.717, 1.165) is 6.54 Å². The lowest BCUT2D eigenvalue weighted by Gasteiger charge is -2.25. The molecule has 6 heteroatoms. The van der Waals surface area contributed by atoms with Crippen LogP contribution in [-0.2, 0) is 0 Å². The van der Waals surface area contributed by atoms with E-state index in [1.807, 2.05) is 0 Å². The molecule has 14 heavy (non-hydrogen) atoms. The molecular weight excluding hydrogens is 200 g/mol. The van der Waals surface area contributed by atoms with Gasteiger partial charge in [-0.1, -0.05) is 17.8 Å². The quantitative estimate of drug-likeness (QED) is 0.797. The maximum absolute atomic E-state index is 11.3.